The van der Waals surface area contributed by atoms with Gasteiger partial charge in [0.2, 0.25) is 0 Å². The summed E-state index contributed by atoms with van der Waals surface area (Å²) in [6.45, 7) is 1.95. The van der Waals surface area contributed by atoms with E-state index in [0.717, 1.165) is 6.42 Å². The van der Waals surface area contributed by atoms with Crippen LogP contribution in [0.15, 0.2) is 18.2 Å². The Morgan fingerprint density at radius 1 is 1.58 bits per heavy atom. The maximum atomic E-state index is 11.9. The van der Waals surface area contributed by atoms with Crippen molar-refractivity contribution in [2.75, 3.05) is 0 Å². The van der Waals surface area contributed by atoms with Crippen LogP contribution in [0.5, 0.6) is 0 Å². The molecule has 0 bridgehead atoms. The molecule has 1 aromatic rings. The molecule has 19 heavy (non-hydrogen) atoms. The van der Waals surface area contributed by atoms with Crippen molar-refractivity contribution in [1.82, 2.24) is 5.32 Å². The van der Waals surface area contributed by atoms with Crippen molar-refractivity contribution in [2.45, 2.75) is 25.8 Å². The molecule has 0 spiro atoms. The van der Waals surface area contributed by atoms with Gasteiger partial charge in [-0.05, 0) is 12.5 Å². The minimum absolute atomic E-state index is 0.121. The number of rotatable bonds is 5. The van der Waals surface area contributed by atoms with E-state index in [2.05, 4.69) is 11.2 Å². The molecule has 0 aromatic heterocycles. The zero-order chi connectivity index (χ0) is 14.4. The number of nitro groups is 1. The number of nitro benzene ring substituents is 1. The fourth-order valence-electron chi connectivity index (χ4n) is 1.54. The van der Waals surface area contributed by atoms with E-state index < -0.39 is 16.9 Å². The summed E-state index contributed by atoms with van der Waals surface area (Å²) < 4.78 is 0. The Hall–Kier alpha value is -2.06. The molecule has 0 heterocycles. The average Bonchev–Trinajstić information content (AvgIpc) is 2.37. The predicted molar refractivity (Wildman–Crippen MR) is 73.1 cm³/mol. The number of carbonyl (C=O) groups is 1. The molecule has 5 nitrogen and oxygen atoms in total. The fourth-order valence-corrected chi connectivity index (χ4v) is 1.77. The molecule has 1 unspecified atom stereocenters. The first kappa shape index (κ1) is 15.0. The smallest absolute Gasteiger partial charge is 0.271 e. The highest BCUT2D eigenvalue weighted by Crippen LogP contribution is 2.21. The Balaban J connectivity index is 2.94. The Bertz CT molecular complexity index is 537. The number of terminal acetylenes is 1. The van der Waals surface area contributed by atoms with E-state index in [1.165, 1.54) is 18.2 Å². The van der Waals surface area contributed by atoms with Crippen LogP contribution in [0.1, 0.15) is 30.1 Å². The third-order valence-electron chi connectivity index (χ3n) is 2.44. The predicted octanol–water partition coefficient (Wildman–Crippen LogP) is 2.78. The highest BCUT2D eigenvalue weighted by molar-refractivity contribution is 6.31. The van der Waals surface area contributed by atoms with E-state index in [1.807, 2.05) is 6.92 Å². The van der Waals surface area contributed by atoms with Gasteiger partial charge >= 0.3 is 0 Å². The Morgan fingerprint density at radius 2 is 2.26 bits per heavy atom. The molecule has 6 heteroatoms. The van der Waals surface area contributed by atoms with Gasteiger partial charge < -0.3 is 5.32 Å². The van der Waals surface area contributed by atoms with Gasteiger partial charge in [-0.2, -0.15) is 0 Å². The number of hydrogen-bond donors (Lipinski definition) is 1. The van der Waals surface area contributed by atoms with Gasteiger partial charge in [0.25, 0.3) is 11.6 Å². The average molecular weight is 281 g/mol. The van der Waals surface area contributed by atoms with Gasteiger partial charge in [0.1, 0.15) is 0 Å². The number of hydrogen-bond acceptors (Lipinski definition) is 3. The third kappa shape index (κ3) is 4.27. The topological polar surface area (TPSA) is 72.2 Å². The molecular formula is C13H13ClN2O3. The number of benzene rings is 1. The van der Waals surface area contributed by atoms with E-state index in [4.69, 9.17) is 18.0 Å². The number of amides is 1. The Kier molecular flexibility index (Phi) is 5.34. The van der Waals surface area contributed by atoms with Gasteiger partial charge in [-0.3, -0.25) is 14.9 Å². The van der Waals surface area contributed by atoms with Gasteiger partial charge in [-0.15, -0.1) is 6.42 Å². The molecule has 1 amide bonds. The first-order valence-electron chi connectivity index (χ1n) is 5.70. The van der Waals surface area contributed by atoms with E-state index in [9.17, 15) is 14.9 Å². The maximum absolute atomic E-state index is 11.9. The Labute approximate surface area is 116 Å². The molecule has 1 atom stereocenters. The van der Waals surface area contributed by atoms with Crippen LogP contribution in [-0.2, 0) is 0 Å². The normalized spacial score (nSPS) is 11.4. The molecule has 0 aliphatic carbocycles. The molecule has 100 valence electrons. The molecule has 1 aromatic carbocycles. The van der Waals surface area contributed by atoms with Crippen LogP contribution < -0.4 is 5.32 Å². The first-order valence-corrected chi connectivity index (χ1v) is 6.07. The van der Waals surface area contributed by atoms with Crippen LogP contribution in [0.3, 0.4) is 0 Å². The number of nitrogens with zero attached hydrogens (tertiary/aromatic N) is 1. The SMILES string of the molecule is C#CC(CCC)NC(=O)c1cc(Cl)cc([N+](=O)[O-])c1. The number of nitrogens with one attached hydrogen (secondary N) is 1. The van der Waals surface area contributed by atoms with Crippen LogP contribution in [0.2, 0.25) is 5.02 Å². The fraction of sp³-hybridized carbons (Fsp3) is 0.308. The molecular weight excluding hydrogens is 268 g/mol. The van der Waals surface area contributed by atoms with Crippen molar-refractivity contribution >= 4 is 23.2 Å². The van der Waals surface area contributed by atoms with Crippen LogP contribution in [0.4, 0.5) is 5.69 Å². The molecule has 1 N–H and O–H groups in total. The van der Waals surface area contributed by atoms with Gasteiger partial charge in [0.05, 0.1) is 11.0 Å². The van der Waals surface area contributed by atoms with Crippen molar-refractivity contribution in [3.8, 4) is 12.3 Å². The number of non-ortho nitro benzene ring substituents is 1. The summed E-state index contributed by atoms with van der Waals surface area (Å²) in [6, 6.07) is 3.32. The van der Waals surface area contributed by atoms with E-state index in [-0.39, 0.29) is 16.3 Å². The lowest BCUT2D eigenvalue weighted by Crippen LogP contribution is -2.33. The van der Waals surface area contributed by atoms with Crippen LogP contribution in [0.25, 0.3) is 0 Å². The summed E-state index contributed by atoms with van der Waals surface area (Å²) in [5.41, 5.74) is -0.110. The lowest BCUT2D eigenvalue weighted by Gasteiger charge is -2.12. The molecule has 1 rings (SSSR count). The molecule has 0 fully saturated rings. The van der Waals surface area contributed by atoms with Gasteiger partial charge in [-0.25, -0.2) is 0 Å². The lowest BCUT2D eigenvalue weighted by atomic mass is 10.1. The zero-order valence-corrected chi connectivity index (χ0v) is 11.1. The summed E-state index contributed by atoms with van der Waals surface area (Å²) >= 11 is 5.74. The van der Waals surface area contributed by atoms with Crippen molar-refractivity contribution < 1.29 is 9.72 Å². The van der Waals surface area contributed by atoms with Crippen molar-refractivity contribution in [3.63, 3.8) is 0 Å². The molecule has 0 saturated carbocycles. The second kappa shape index (κ2) is 6.76. The standard InChI is InChI=1S/C13H13ClN2O3/c1-3-5-11(4-2)15-13(17)9-6-10(14)8-12(7-9)16(18)19/h2,6-8,11H,3,5H2,1H3,(H,15,17). The van der Waals surface area contributed by atoms with Crippen LogP contribution in [-0.4, -0.2) is 16.9 Å². The van der Waals surface area contributed by atoms with Crippen LogP contribution in [0, 0.1) is 22.5 Å². The molecule has 0 aliphatic heterocycles. The number of halogens is 1. The molecule has 0 radical (unpaired) electrons. The third-order valence-corrected chi connectivity index (χ3v) is 2.66. The van der Waals surface area contributed by atoms with Gasteiger partial charge in [0, 0.05) is 22.7 Å². The minimum Gasteiger partial charge on any atom is -0.338 e. The van der Waals surface area contributed by atoms with E-state index in [0.29, 0.717) is 6.42 Å². The second-order valence-corrected chi connectivity index (χ2v) is 4.37. The second-order valence-electron chi connectivity index (χ2n) is 3.94. The number of carbonyl (C=O) groups excluding carboxylic acids is 1. The van der Waals surface area contributed by atoms with Gasteiger partial charge in [-0.1, -0.05) is 30.9 Å². The summed E-state index contributed by atoms with van der Waals surface area (Å²) in [5.74, 6) is 1.99. The summed E-state index contributed by atoms with van der Waals surface area (Å²) in [4.78, 5) is 22.0. The summed E-state index contributed by atoms with van der Waals surface area (Å²) in [6.07, 6.45) is 6.76. The zero-order valence-electron chi connectivity index (χ0n) is 10.4. The first-order chi connectivity index (χ1) is 8.97. The molecule has 0 saturated heterocycles. The minimum atomic E-state index is -0.604. The van der Waals surface area contributed by atoms with Crippen molar-refractivity contribution in [2.24, 2.45) is 0 Å². The van der Waals surface area contributed by atoms with Crippen molar-refractivity contribution in [1.29, 1.82) is 0 Å². The van der Waals surface area contributed by atoms with Crippen LogP contribution >= 0.6 is 11.6 Å². The monoisotopic (exact) mass is 280 g/mol. The molecule has 0 aliphatic rings. The lowest BCUT2D eigenvalue weighted by molar-refractivity contribution is -0.384. The largest absolute Gasteiger partial charge is 0.338 e. The Morgan fingerprint density at radius 3 is 2.79 bits per heavy atom. The highest BCUT2D eigenvalue weighted by atomic mass is 35.5. The summed E-state index contributed by atoms with van der Waals surface area (Å²) in [7, 11) is 0. The van der Waals surface area contributed by atoms with E-state index in [1.54, 1.807) is 0 Å². The quantitative estimate of drug-likeness (QED) is 0.512. The summed E-state index contributed by atoms with van der Waals surface area (Å²) in [5, 5.41) is 13.4. The van der Waals surface area contributed by atoms with Gasteiger partial charge in [0.15, 0.2) is 0 Å². The maximum Gasteiger partial charge on any atom is 0.271 e. The van der Waals surface area contributed by atoms with E-state index >= 15 is 0 Å². The van der Waals surface area contributed by atoms with Crippen molar-refractivity contribution in [3.05, 3.63) is 38.9 Å². The highest BCUT2D eigenvalue weighted by Gasteiger charge is 2.16.